The van der Waals surface area contributed by atoms with Gasteiger partial charge in [0.05, 0.1) is 37.4 Å². The SMILES string of the molecule is CCOC(=O)n1c(CC)c([C@@H](C)NC(=O)c2cc(-c3cccc(OC)c3)ccc2OCC)c2ccccc21. The zero-order chi connectivity index (χ0) is 27.2. The molecule has 0 fully saturated rings. The highest BCUT2D eigenvalue weighted by Crippen LogP contribution is 2.33. The van der Waals surface area contributed by atoms with Gasteiger partial charge in [-0.05, 0) is 68.7 Å². The molecular formula is C31H34N2O5. The van der Waals surface area contributed by atoms with Crippen molar-refractivity contribution in [1.29, 1.82) is 0 Å². The first-order chi connectivity index (χ1) is 18.4. The van der Waals surface area contributed by atoms with Gasteiger partial charge >= 0.3 is 6.09 Å². The number of ether oxygens (including phenoxy) is 3. The van der Waals surface area contributed by atoms with E-state index in [1.54, 1.807) is 18.6 Å². The summed E-state index contributed by atoms with van der Waals surface area (Å²) in [6, 6.07) is 20.6. The van der Waals surface area contributed by atoms with Crippen LogP contribution in [0, 0.1) is 0 Å². The molecule has 198 valence electrons. The molecule has 0 unspecified atom stereocenters. The van der Waals surface area contributed by atoms with Crippen LogP contribution in [0.15, 0.2) is 66.7 Å². The quantitative estimate of drug-likeness (QED) is 0.267. The van der Waals surface area contributed by atoms with E-state index in [0.717, 1.165) is 39.0 Å². The Morgan fingerprint density at radius 1 is 0.921 bits per heavy atom. The van der Waals surface area contributed by atoms with E-state index < -0.39 is 6.09 Å². The van der Waals surface area contributed by atoms with Crippen LogP contribution in [-0.2, 0) is 11.2 Å². The summed E-state index contributed by atoms with van der Waals surface area (Å²) in [5.41, 5.74) is 4.71. The molecule has 0 spiro atoms. The van der Waals surface area contributed by atoms with Crippen LogP contribution in [0.5, 0.6) is 11.5 Å². The summed E-state index contributed by atoms with van der Waals surface area (Å²) >= 11 is 0. The highest BCUT2D eigenvalue weighted by molar-refractivity contribution is 5.99. The Labute approximate surface area is 223 Å². The van der Waals surface area contributed by atoms with E-state index in [4.69, 9.17) is 14.2 Å². The number of benzene rings is 3. The molecule has 4 aromatic rings. The molecule has 3 aromatic carbocycles. The summed E-state index contributed by atoms with van der Waals surface area (Å²) in [5.74, 6) is 0.982. The second kappa shape index (κ2) is 11.9. The molecular weight excluding hydrogens is 480 g/mol. The lowest BCUT2D eigenvalue weighted by Crippen LogP contribution is -2.28. The summed E-state index contributed by atoms with van der Waals surface area (Å²) in [4.78, 5) is 26.6. The van der Waals surface area contributed by atoms with Gasteiger partial charge in [-0.2, -0.15) is 0 Å². The minimum Gasteiger partial charge on any atom is -0.497 e. The highest BCUT2D eigenvalue weighted by Gasteiger charge is 2.26. The third-order valence-corrected chi connectivity index (χ3v) is 6.51. The van der Waals surface area contributed by atoms with Crippen molar-refractivity contribution in [2.75, 3.05) is 20.3 Å². The van der Waals surface area contributed by atoms with Gasteiger partial charge < -0.3 is 19.5 Å². The van der Waals surface area contributed by atoms with Crippen LogP contribution in [0.25, 0.3) is 22.0 Å². The zero-order valence-corrected chi connectivity index (χ0v) is 22.5. The third kappa shape index (κ3) is 5.23. The number of rotatable bonds is 9. The average Bonchev–Trinajstić information content (AvgIpc) is 3.28. The second-order valence-electron chi connectivity index (χ2n) is 8.84. The van der Waals surface area contributed by atoms with E-state index in [9.17, 15) is 9.59 Å². The molecule has 0 radical (unpaired) electrons. The zero-order valence-electron chi connectivity index (χ0n) is 22.5. The first kappa shape index (κ1) is 26.8. The summed E-state index contributed by atoms with van der Waals surface area (Å²) in [6.07, 6.45) is 0.174. The van der Waals surface area contributed by atoms with Gasteiger partial charge in [-0.15, -0.1) is 0 Å². The molecule has 0 aliphatic heterocycles. The van der Waals surface area contributed by atoms with Gasteiger partial charge in [0.1, 0.15) is 11.5 Å². The van der Waals surface area contributed by atoms with E-state index in [1.807, 2.05) is 87.5 Å². The largest absolute Gasteiger partial charge is 0.497 e. The van der Waals surface area contributed by atoms with Crippen molar-refractivity contribution >= 4 is 22.9 Å². The number of fused-ring (bicyclic) bond motifs is 1. The maximum absolute atomic E-state index is 13.7. The van der Waals surface area contributed by atoms with Gasteiger partial charge in [0.25, 0.3) is 5.91 Å². The van der Waals surface area contributed by atoms with E-state index in [2.05, 4.69) is 5.32 Å². The number of methoxy groups -OCH3 is 1. The molecule has 0 aliphatic carbocycles. The standard InChI is InChI=1S/C31H34N2O5/c1-6-26-29(24-14-9-10-15-27(24)33(26)31(35)38-8-3)20(4)32-30(34)25-19-22(16-17-28(25)37-7-2)21-12-11-13-23(18-21)36-5/h9-20H,6-8H2,1-5H3,(H,32,34)/t20-/m1/s1. The number of carbonyl (C=O) groups excluding carboxylic acids is 2. The smallest absolute Gasteiger partial charge is 0.418 e. The molecule has 38 heavy (non-hydrogen) atoms. The summed E-state index contributed by atoms with van der Waals surface area (Å²) in [6.45, 7) is 8.31. The van der Waals surface area contributed by atoms with E-state index in [0.29, 0.717) is 24.3 Å². The topological polar surface area (TPSA) is 78.8 Å². The van der Waals surface area contributed by atoms with Gasteiger partial charge in [0.2, 0.25) is 0 Å². The van der Waals surface area contributed by atoms with E-state index in [1.165, 1.54) is 0 Å². The number of aromatic nitrogens is 1. The number of nitrogens with one attached hydrogen (secondary N) is 1. The van der Waals surface area contributed by atoms with Gasteiger partial charge in [-0.1, -0.05) is 43.3 Å². The number of hydrogen-bond acceptors (Lipinski definition) is 5. The van der Waals surface area contributed by atoms with Crippen molar-refractivity contribution in [2.24, 2.45) is 0 Å². The van der Waals surface area contributed by atoms with Crippen molar-refractivity contribution < 1.29 is 23.8 Å². The molecule has 1 atom stereocenters. The van der Waals surface area contributed by atoms with Crippen molar-refractivity contribution in [3.05, 3.63) is 83.6 Å². The molecule has 7 nitrogen and oxygen atoms in total. The van der Waals surface area contributed by atoms with Crippen molar-refractivity contribution in [1.82, 2.24) is 9.88 Å². The second-order valence-corrected chi connectivity index (χ2v) is 8.84. The normalized spacial score (nSPS) is 11.7. The van der Waals surface area contributed by atoms with E-state index >= 15 is 0 Å². The first-order valence-electron chi connectivity index (χ1n) is 12.9. The Morgan fingerprint density at radius 3 is 2.39 bits per heavy atom. The van der Waals surface area contributed by atoms with Crippen LogP contribution in [0.4, 0.5) is 4.79 Å². The number of para-hydroxylation sites is 1. The van der Waals surface area contributed by atoms with Gasteiger partial charge in [-0.25, -0.2) is 9.36 Å². The molecule has 1 amide bonds. The maximum atomic E-state index is 13.7. The Hall–Kier alpha value is -4.26. The van der Waals surface area contributed by atoms with Gasteiger partial charge in [0.15, 0.2) is 0 Å². The number of carbonyl (C=O) groups is 2. The minimum absolute atomic E-state index is 0.263. The van der Waals surface area contributed by atoms with Crippen LogP contribution < -0.4 is 14.8 Å². The molecule has 1 aromatic heterocycles. The first-order valence-corrected chi connectivity index (χ1v) is 12.9. The van der Waals surface area contributed by atoms with Crippen molar-refractivity contribution in [3.8, 4) is 22.6 Å². The number of hydrogen-bond donors (Lipinski definition) is 1. The fraction of sp³-hybridized carbons (Fsp3) is 0.290. The summed E-state index contributed by atoms with van der Waals surface area (Å²) in [7, 11) is 1.63. The molecule has 0 saturated heterocycles. The van der Waals surface area contributed by atoms with Crippen molar-refractivity contribution in [2.45, 2.75) is 40.2 Å². The van der Waals surface area contributed by atoms with Crippen LogP contribution in [-0.4, -0.2) is 36.9 Å². The molecule has 0 saturated carbocycles. The molecule has 1 N–H and O–H groups in total. The molecule has 4 rings (SSSR count). The number of amides is 1. The lowest BCUT2D eigenvalue weighted by atomic mass is 10.00. The lowest BCUT2D eigenvalue weighted by molar-refractivity contribution is 0.0936. The number of nitrogens with zero attached hydrogens (tertiary/aromatic N) is 1. The maximum Gasteiger partial charge on any atom is 0.418 e. The van der Waals surface area contributed by atoms with Crippen molar-refractivity contribution in [3.63, 3.8) is 0 Å². The van der Waals surface area contributed by atoms with Crippen LogP contribution >= 0.6 is 0 Å². The Balaban J connectivity index is 1.73. The molecule has 1 heterocycles. The summed E-state index contributed by atoms with van der Waals surface area (Å²) < 4.78 is 18.1. The molecule has 7 heteroatoms. The molecule has 0 aliphatic rings. The predicted octanol–water partition coefficient (Wildman–Crippen LogP) is 6.77. The van der Waals surface area contributed by atoms with Gasteiger partial charge in [0, 0.05) is 16.6 Å². The summed E-state index contributed by atoms with van der Waals surface area (Å²) in [5, 5.41) is 4.06. The predicted molar refractivity (Wildman–Crippen MR) is 149 cm³/mol. The average molecular weight is 515 g/mol. The van der Waals surface area contributed by atoms with Crippen LogP contribution in [0.1, 0.15) is 55.4 Å². The Kier molecular flexibility index (Phi) is 8.36. The highest BCUT2D eigenvalue weighted by atomic mass is 16.5. The third-order valence-electron chi connectivity index (χ3n) is 6.51. The van der Waals surface area contributed by atoms with Gasteiger partial charge in [-0.3, -0.25) is 4.79 Å². The van der Waals surface area contributed by atoms with Crippen LogP contribution in [0.3, 0.4) is 0 Å². The minimum atomic E-state index is -0.421. The Morgan fingerprint density at radius 2 is 1.68 bits per heavy atom. The molecule has 0 bridgehead atoms. The monoisotopic (exact) mass is 514 g/mol. The Bertz CT molecular complexity index is 1460. The fourth-order valence-corrected chi connectivity index (χ4v) is 4.86. The lowest BCUT2D eigenvalue weighted by Gasteiger charge is -2.18. The fourth-order valence-electron chi connectivity index (χ4n) is 4.86. The van der Waals surface area contributed by atoms with Crippen LogP contribution in [0.2, 0.25) is 0 Å². The van der Waals surface area contributed by atoms with E-state index in [-0.39, 0.29) is 18.6 Å².